The number of thioether (sulfide) groups is 1. The van der Waals surface area contributed by atoms with Crippen LogP contribution in [0.3, 0.4) is 0 Å². The number of halogens is 1. The maximum Gasteiger partial charge on any atom is 0.212 e. The minimum atomic E-state index is 0.531. The first-order valence-corrected chi connectivity index (χ1v) is 11.1. The van der Waals surface area contributed by atoms with Crippen molar-refractivity contribution >= 4 is 33.9 Å². The van der Waals surface area contributed by atoms with Gasteiger partial charge in [-0.05, 0) is 53.1 Å². The molecule has 1 aromatic heterocycles. The van der Waals surface area contributed by atoms with Gasteiger partial charge in [-0.15, -0.1) is 10.2 Å². The maximum atomic E-state index is 5.84. The van der Waals surface area contributed by atoms with Crippen molar-refractivity contribution in [2.24, 2.45) is 5.10 Å². The van der Waals surface area contributed by atoms with Crippen molar-refractivity contribution in [3.05, 3.63) is 106 Å². The largest absolute Gasteiger partial charge is 0.489 e. The summed E-state index contributed by atoms with van der Waals surface area (Å²) < 4.78 is 8.59. The molecule has 0 aliphatic heterocycles. The van der Waals surface area contributed by atoms with Crippen LogP contribution in [-0.2, 0) is 12.4 Å². The first-order chi connectivity index (χ1) is 14.8. The lowest BCUT2D eigenvalue weighted by molar-refractivity contribution is 0.306. The molecule has 0 atom stereocenters. The molecule has 4 rings (SSSR count). The van der Waals surface area contributed by atoms with Crippen LogP contribution in [0.25, 0.3) is 0 Å². The Morgan fingerprint density at radius 3 is 2.47 bits per heavy atom. The second-order valence-electron chi connectivity index (χ2n) is 6.46. The standard InChI is InChI=1S/C23H19BrN4OS/c24-21-10-6-19(7-11-21)15-29-22-12-8-18(9-13-22)14-26-28-17-25-27-23(28)30-16-20-4-2-1-3-5-20/h1-14,17H,15-16H2/b26-14+. The summed E-state index contributed by atoms with van der Waals surface area (Å²) in [7, 11) is 0. The van der Waals surface area contributed by atoms with Gasteiger partial charge in [0.25, 0.3) is 0 Å². The van der Waals surface area contributed by atoms with Crippen LogP contribution in [0.2, 0.25) is 0 Å². The van der Waals surface area contributed by atoms with Gasteiger partial charge in [0.2, 0.25) is 5.16 Å². The first kappa shape index (κ1) is 20.4. The third kappa shape index (κ3) is 5.81. The van der Waals surface area contributed by atoms with Crippen LogP contribution in [0.1, 0.15) is 16.7 Å². The summed E-state index contributed by atoms with van der Waals surface area (Å²) in [4.78, 5) is 0. The van der Waals surface area contributed by atoms with E-state index >= 15 is 0 Å². The number of rotatable bonds is 8. The normalized spacial score (nSPS) is 11.1. The Kier molecular flexibility index (Phi) is 6.95. The third-order valence-electron chi connectivity index (χ3n) is 4.24. The Balaban J connectivity index is 1.33. The summed E-state index contributed by atoms with van der Waals surface area (Å²) in [6, 6.07) is 26.2. The van der Waals surface area contributed by atoms with E-state index < -0.39 is 0 Å². The van der Waals surface area contributed by atoms with Crippen molar-refractivity contribution in [1.29, 1.82) is 0 Å². The molecule has 5 nitrogen and oxygen atoms in total. The van der Waals surface area contributed by atoms with Crippen molar-refractivity contribution in [2.75, 3.05) is 0 Å². The molecule has 0 aliphatic carbocycles. The summed E-state index contributed by atoms with van der Waals surface area (Å²) in [6.07, 6.45) is 3.40. The van der Waals surface area contributed by atoms with E-state index in [9.17, 15) is 0 Å². The predicted molar refractivity (Wildman–Crippen MR) is 124 cm³/mol. The fourth-order valence-corrected chi connectivity index (χ4v) is 3.73. The molecule has 0 radical (unpaired) electrons. The number of aromatic nitrogens is 3. The van der Waals surface area contributed by atoms with Crippen LogP contribution in [0.5, 0.6) is 5.75 Å². The molecular formula is C23H19BrN4OS. The number of hydrogen-bond acceptors (Lipinski definition) is 5. The summed E-state index contributed by atoms with van der Waals surface area (Å²) in [5, 5.41) is 13.4. The molecular weight excluding hydrogens is 460 g/mol. The van der Waals surface area contributed by atoms with E-state index in [0.717, 1.165) is 32.3 Å². The molecule has 0 saturated heterocycles. The molecule has 1 heterocycles. The molecule has 0 unspecified atom stereocenters. The second kappa shape index (κ2) is 10.2. The average Bonchev–Trinajstić information content (AvgIpc) is 3.25. The van der Waals surface area contributed by atoms with Gasteiger partial charge < -0.3 is 4.74 Å². The lowest BCUT2D eigenvalue weighted by Gasteiger charge is -2.06. The van der Waals surface area contributed by atoms with E-state index in [2.05, 4.69) is 43.4 Å². The Morgan fingerprint density at radius 1 is 0.933 bits per heavy atom. The zero-order chi connectivity index (χ0) is 20.6. The molecule has 7 heteroatoms. The second-order valence-corrected chi connectivity index (χ2v) is 8.32. The fraction of sp³-hybridized carbons (Fsp3) is 0.0870. The highest BCUT2D eigenvalue weighted by Gasteiger charge is 2.04. The molecule has 4 aromatic rings. The highest BCUT2D eigenvalue weighted by Crippen LogP contribution is 2.20. The van der Waals surface area contributed by atoms with Crippen LogP contribution in [0.15, 0.2) is 99.9 Å². The molecule has 0 aliphatic rings. The molecule has 3 aromatic carbocycles. The first-order valence-electron chi connectivity index (χ1n) is 9.35. The quantitative estimate of drug-likeness (QED) is 0.237. The van der Waals surface area contributed by atoms with E-state index in [-0.39, 0.29) is 0 Å². The average molecular weight is 479 g/mol. The number of nitrogens with zero attached hydrogens (tertiary/aromatic N) is 4. The van der Waals surface area contributed by atoms with Crippen LogP contribution in [-0.4, -0.2) is 21.1 Å². The number of ether oxygens (including phenoxy) is 1. The monoisotopic (exact) mass is 478 g/mol. The Labute approximate surface area is 187 Å². The van der Waals surface area contributed by atoms with Gasteiger partial charge in [-0.2, -0.15) is 9.78 Å². The molecule has 0 spiro atoms. The summed E-state index contributed by atoms with van der Waals surface area (Å²) in [5.74, 6) is 1.64. The van der Waals surface area contributed by atoms with Crippen molar-refractivity contribution in [2.45, 2.75) is 17.5 Å². The van der Waals surface area contributed by atoms with Gasteiger partial charge in [-0.25, -0.2) is 0 Å². The van der Waals surface area contributed by atoms with E-state index in [4.69, 9.17) is 4.74 Å². The molecule has 0 saturated carbocycles. The molecule has 0 amide bonds. The molecule has 150 valence electrons. The van der Waals surface area contributed by atoms with Crippen molar-refractivity contribution in [3.8, 4) is 5.75 Å². The van der Waals surface area contributed by atoms with E-state index in [0.29, 0.717) is 6.61 Å². The fourth-order valence-electron chi connectivity index (χ4n) is 2.64. The van der Waals surface area contributed by atoms with Crippen molar-refractivity contribution < 1.29 is 4.74 Å². The number of benzene rings is 3. The lowest BCUT2D eigenvalue weighted by Crippen LogP contribution is -1.96. The van der Waals surface area contributed by atoms with Gasteiger partial charge >= 0.3 is 0 Å². The molecule has 0 N–H and O–H groups in total. The minimum absolute atomic E-state index is 0.531. The van der Waals surface area contributed by atoms with Crippen LogP contribution in [0, 0.1) is 0 Å². The highest BCUT2D eigenvalue weighted by molar-refractivity contribution is 9.10. The summed E-state index contributed by atoms with van der Waals surface area (Å²) in [6.45, 7) is 0.531. The van der Waals surface area contributed by atoms with Gasteiger partial charge in [0.15, 0.2) is 0 Å². The van der Waals surface area contributed by atoms with Crippen LogP contribution >= 0.6 is 27.7 Å². The topological polar surface area (TPSA) is 52.3 Å². The lowest BCUT2D eigenvalue weighted by atomic mass is 10.2. The number of hydrogen-bond donors (Lipinski definition) is 0. The van der Waals surface area contributed by atoms with Gasteiger partial charge in [0.1, 0.15) is 18.7 Å². The van der Waals surface area contributed by atoms with E-state index in [1.54, 1.807) is 29.0 Å². The predicted octanol–water partition coefficient (Wildman–Crippen LogP) is 5.79. The molecule has 0 bridgehead atoms. The van der Waals surface area contributed by atoms with Crippen molar-refractivity contribution in [3.63, 3.8) is 0 Å². The van der Waals surface area contributed by atoms with Gasteiger partial charge in [-0.3, -0.25) is 0 Å². The minimum Gasteiger partial charge on any atom is -0.489 e. The molecule has 0 fully saturated rings. The van der Waals surface area contributed by atoms with Crippen LogP contribution < -0.4 is 4.74 Å². The Morgan fingerprint density at radius 2 is 1.70 bits per heavy atom. The van der Waals surface area contributed by atoms with Crippen LogP contribution in [0.4, 0.5) is 0 Å². The molecule has 30 heavy (non-hydrogen) atoms. The Hall–Kier alpha value is -2.90. The highest BCUT2D eigenvalue weighted by atomic mass is 79.9. The van der Waals surface area contributed by atoms with E-state index in [1.165, 1.54) is 5.56 Å². The zero-order valence-electron chi connectivity index (χ0n) is 16.1. The summed E-state index contributed by atoms with van der Waals surface area (Å²) in [5.41, 5.74) is 3.33. The Bertz CT molecular complexity index is 1100. The van der Waals surface area contributed by atoms with Gasteiger partial charge in [0, 0.05) is 10.2 Å². The zero-order valence-corrected chi connectivity index (χ0v) is 18.5. The summed E-state index contributed by atoms with van der Waals surface area (Å²) >= 11 is 5.04. The van der Waals surface area contributed by atoms with E-state index in [1.807, 2.05) is 66.7 Å². The third-order valence-corrected chi connectivity index (χ3v) is 5.77. The van der Waals surface area contributed by atoms with Crippen molar-refractivity contribution in [1.82, 2.24) is 14.9 Å². The SMILES string of the molecule is Brc1ccc(COc2ccc(/C=N/n3cnnc3SCc3ccccc3)cc2)cc1. The smallest absolute Gasteiger partial charge is 0.212 e. The van der Waals surface area contributed by atoms with Gasteiger partial charge in [0.05, 0.1) is 6.21 Å². The maximum absolute atomic E-state index is 5.84. The van der Waals surface area contributed by atoms with Gasteiger partial charge in [-0.1, -0.05) is 70.2 Å².